The Morgan fingerprint density at radius 3 is 3.05 bits per heavy atom. The average molecular weight is 260 g/mol. The Hall–Kier alpha value is -2.11. The number of aromatic nitrogens is 3. The van der Waals surface area contributed by atoms with Crippen LogP contribution in [0.5, 0.6) is 0 Å². The molecule has 0 bridgehead atoms. The molecule has 0 spiro atoms. The van der Waals surface area contributed by atoms with Gasteiger partial charge in [-0.15, -0.1) is 0 Å². The SMILES string of the molecule is Cc1cn2c(C3CCNC(=O)CC3)ncc2c(=O)[nH]1. The second-order valence-corrected chi connectivity index (χ2v) is 5.01. The van der Waals surface area contributed by atoms with Crippen LogP contribution in [0.15, 0.2) is 17.2 Å². The average Bonchev–Trinajstić information content (AvgIpc) is 2.66. The minimum Gasteiger partial charge on any atom is -0.356 e. The zero-order chi connectivity index (χ0) is 13.4. The van der Waals surface area contributed by atoms with Crippen LogP contribution in [0.3, 0.4) is 0 Å². The minimum absolute atomic E-state index is 0.0948. The molecule has 0 saturated carbocycles. The highest BCUT2D eigenvalue weighted by molar-refractivity contribution is 5.76. The third-order valence-electron chi connectivity index (χ3n) is 3.59. The van der Waals surface area contributed by atoms with Crippen LogP contribution >= 0.6 is 0 Å². The van der Waals surface area contributed by atoms with Crippen molar-refractivity contribution in [3.63, 3.8) is 0 Å². The molecule has 1 aliphatic rings. The summed E-state index contributed by atoms with van der Waals surface area (Å²) in [6.07, 6.45) is 5.64. The largest absolute Gasteiger partial charge is 0.356 e. The fourth-order valence-corrected chi connectivity index (χ4v) is 2.63. The number of carbonyl (C=O) groups excluding carboxylic acids is 1. The van der Waals surface area contributed by atoms with E-state index in [1.165, 1.54) is 0 Å². The molecular formula is C13H16N4O2. The Balaban J connectivity index is 2.05. The highest BCUT2D eigenvalue weighted by Gasteiger charge is 2.22. The van der Waals surface area contributed by atoms with Crippen molar-refractivity contribution < 1.29 is 4.79 Å². The van der Waals surface area contributed by atoms with Gasteiger partial charge in [-0.1, -0.05) is 0 Å². The van der Waals surface area contributed by atoms with Crippen molar-refractivity contribution in [1.82, 2.24) is 19.7 Å². The van der Waals surface area contributed by atoms with Crippen molar-refractivity contribution >= 4 is 11.4 Å². The topological polar surface area (TPSA) is 79.3 Å². The van der Waals surface area contributed by atoms with Crippen molar-refractivity contribution in [3.05, 3.63) is 34.3 Å². The van der Waals surface area contributed by atoms with E-state index in [0.29, 0.717) is 18.5 Å². The second kappa shape index (κ2) is 4.53. The van der Waals surface area contributed by atoms with Crippen LogP contribution in [-0.2, 0) is 4.79 Å². The van der Waals surface area contributed by atoms with Crippen LogP contribution in [0.4, 0.5) is 0 Å². The van der Waals surface area contributed by atoms with Crippen LogP contribution in [0.1, 0.15) is 36.7 Å². The molecule has 2 N–H and O–H groups in total. The lowest BCUT2D eigenvalue weighted by Crippen LogP contribution is -2.21. The first-order valence-corrected chi connectivity index (χ1v) is 6.49. The van der Waals surface area contributed by atoms with Crippen molar-refractivity contribution in [2.45, 2.75) is 32.1 Å². The van der Waals surface area contributed by atoms with E-state index in [9.17, 15) is 9.59 Å². The third-order valence-corrected chi connectivity index (χ3v) is 3.59. The van der Waals surface area contributed by atoms with Crippen LogP contribution < -0.4 is 10.9 Å². The summed E-state index contributed by atoms with van der Waals surface area (Å²) in [4.78, 5) is 30.4. The Kier molecular flexibility index (Phi) is 2.85. The number of hydrogen-bond acceptors (Lipinski definition) is 3. The number of aromatic amines is 1. The van der Waals surface area contributed by atoms with Crippen LogP contribution in [0, 0.1) is 6.92 Å². The summed E-state index contributed by atoms with van der Waals surface area (Å²) in [6.45, 7) is 2.52. The van der Waals surface area contributed by atoms with Crippen molar-refractivity contribution in [3.8, 4) is 0 Å². The fourth-order valence-electron chi connectivity index (χ4n) is 2.63. The number of imidazole rings is 1. The molecule has 6 heteroatoms. The smallest absolute Gasteiger partial charge is 0.274 e. The molecule has 1 unspecified atom stereocenters. The van der Waals surface area contributed by atoms with E-state index in [2.05, 4.69) is 15.3 Å². The summed E-state index contributed by atoms with van der Waals surface area (Å²) in [6, 6.07) is 0. The Labute approximate surface area is 109 Å². The lowest BCUT2D eigenvalue weighted by Gasteiger charge is -2.12. The summed E-state index contributed by atoms with van der Waals surface area (Å²) in [5.41, 5.74) is 1.24. The van der Waals surface area contributed by atoms with Gasteiger partial charge in [-0.25, -0.2) is 4.98 Å². The van der Waals surface area contributed by atoms with E-state index in [4.69, 9.17) is 0 Å². The fraction of sp³-hybridized carbons (Fsp3) is 0.462. The number of hydrogen-bond donors (Lipinski definition) is 2. The highest BCUT2D eigenvalue weighted by atomic mass is 16.1. The van der Waals surface area contributed by atoms with E-state index in [1.54, 1.807) is 6.20 Å². The van der Waals surface area contributed by atoms with E-state index in [0.717, 1.165) is 24.4 Å². The molecule has 0 aromatic carbocycles. The molecule has 19 heavy (non-hydrogen) atoms. The molecule has 1 amide bonds. The molecule has 3 rings (SSSR count). The zero-order valence-electron chi connectivity index (χ0n) is 10.8. The summed E-state index contributed by atoms with van der Waals surface area (Å²) < 4.78 is 1.86. The van der Waals surface area contributed by atoms with Gasteiger partial charge in [0, 0.05) is 30.8 Å². The maximum Gasteiger partial charge on any atom is 0.274 e. The van der Waals surface area contributed by atoms with Gasteiger partial charge in [-0.05, 0) is 19.8 Å². The third kappa shape index (κ3) is 2.14. The first kappa shape index (κ1) is 12.0. The maximum atomic E-state index is 11.8. The molecule has 0 radical (unpaired) electrons. The number of fused-ring (bicyclic) bond motifs is 1. The number of amides is 1. The quantitative estimate of drug-likeness (QED) is 0.792. The molecule has 1 atom stereocenters. The van der Waals surface area contributed by atoms with E-state index >= 15 is 0 Å². The minimum atomic E-state index is -0.124. The Morgan fingerprint density at radius 1 is 1.37 bits per heavy atom. The summed E-state index contributed by atoms with van der Waals surface area (Å²) >= 11 is 0. The van der Waals surface area contributed by atoms with Gasteiger partial charge in [0.05, 0.1) is 6.20 Å². The van der Waals surface area contributed by atoms with Gasteiger partial charge in [0.1, 0.15) is 11.3 Å². The lowest BCUT2D eigenvalue weighted by atomic mass is 10.00. The molecule has 6 nitrogen and oxygen atoms in total. The number of carbonyl (C=O) groups is 1. The molecule has 1 saturated heterocycles. The predicted octanol–water partition coefficient (Wildman–Crippen LogP) is 0.715. The normalized spacial score (nSPS) is 20.3. The van der Waals surface area contributed by atoms with Crippen LogP contribution in [-0.4, -0.2) is 26.8 Å². The Bertz CT molecular complexity index is 685. The van der Waals surface area contributed by atoms with Gasteiger partial charge in [0.25, 0.3) is 5.56 Å². The summed E-state index contributed by atoms with van der Waals surface area (Å²) in [7, 11) is 0. The zero-order valence-corrected chi connectivity index (χ0v) is 10.8. The molecule has 3 heterocycles. The molecular weight excluding hydrogens is 244 g/mol. The van der Waals surface area contributed by atoms with Gasteiger partial charge < -0.3 is 10.3 Å². The number of nitrogens with zero attached hydrogens (tertiary/aromatic N) is 2. The van der Waals surface area contributed by atoms with Gasteiger partial charge in [0.2, 0.25) is 5.91 Å². The lowest BCUT2D eigenvalue weighted by molar-refractivity contribution is -0.120. The molecule has 100 valence electrons. The molecule has 1 aliphatic heterocycles. The van der Waals surface area contributed by atoms with Crippen molar-refractivity contribution in [2.75, 3.05) is 6.54 Å². The van der Waals surface area contributed by atoms with Crippen LogP contribution in [0.2, 0.25) is 0 Å². The Morgan fingerprint density at radius 2 is 2.21 bits per heavy atom. The highest BCUT2D eigenvalue weighted by Crippen LogP contribution is 2.25. The maximum absolute atomic E-state index is 11.8. The standard InChI is InChI=1S/C13H16N4O2/c1-8-7-17-10(13(19)16-8)6-15-12(17)9-2-3-11(18)14-5-4-9/h6-7,9H,2-5H2,1H3,(H,14,18)(H,16,19). The summed E-state index contributed by atoms with van der Waals surface area (Å²) in [5, 5.41) is 2.86. The molecule has 1 fully saturated rings. The second-order valence-electron chi connectivity index (χ2n) is 5.01. The van der Waals surface area contributed by atoms with Crippen LogP contribution in [0.25, 0.3) is 5.52 Å². The molecule has 2 aromatic heterocycles. The van der Waals surface area contributed by atoms with E-state index < -0.39 is 0 Å². The summed E-state index contributed by atoms with van der Waals surface area (Å²) in [5.74, 6) is 1.18. The van der Waals surface area contributed by atoms with E-state index in [-0.39, 0.29) is 17.4 Å². The number of H-pyrrole nitrogens is 1. The first-order chi connectivity index (χ1) is 9.15. The molecule has 2 aromatic rings. The first-order valence-electron chi connectivity index (χ1n) is 6.49. The van der Waals surface area contributed by atoms with Crippen molar-refractivity contribution in [2.24, 2.45) is 0 Å². The van der Waals surface area contributed by atoms with Crippen molar-refractivity contribution in [1.29, 1.82) is 0 Å². The number of aryl methyl sites for hydroxylation is 1. The van der Waals surface area contributed by atoms with Gasteiger partial charge in [-0.3, -0.25) is 14.0 Å². The number of rotatable bonds is 1. The number of nitrogens with one attached hydrogen (secondary N) is 2. The van der Waals surface area contributed by atoms with Gasteiger partial charge in [-0.2, -0.15) is 0 Å². The van der Waals surface area contributed by atoms with E-state index in [1.807, 2.05) is 17.5 Å². The monoisotopic (exact) mass is 260 g/mol. The molecule has 0 aliphatic carbocycles. The predicted molar refractivity (Wildman–Crippen MR) is 70.2 cm³/mol. The van der Waals surface area contributed by atoms with Gasteiger partial charge in [0.15, 0.2) is 0 Å². The van der Waals surface area contributed by atoms with Gasteiger partial charge >= 0.3 is 0 Å².